The smallest absolute Gasteiger partial charge is 0.277 e. The normalized spacial score (nSPS) is 12.9. The van der Waals surface area contributed by atoms with Crippen molar-refractivity contribution in [2.45, 2.75) is 5.16 Å². The molecule has 2 heterocycles. The van der Waals surface area contributed by atoms with Gasteiger partial charge >= 0.3 is 0 Å². The van der Waals surface area contributed by atoms with Crippen molar-refractivity contribution in [1.29, 1.82) is 0 Å². The lowest BCUT2D eigenvalue weighted by Crippen LogP contribution is -2.10. The Balaban J connectivity index is 2.83. The molecular formula is C7H6N4O2S. The highest BCUT2D eigenvalue weighted by molar-refractivity contribution is 7.84. The number of aromatic nitrogens is 4. The molecule has 2 aromatic heterocycles. The predicted molar refractivity (Wildman–Crippen MR) is 50.3 cm³/mol. The van der Waals surface area contributed by atoms with Crippen LogP contribution in [0.3, 0.4) is 0 Å². The molecule has 14 heavy (non-hydrogen) atoms. The molecule has 2 aromatic rings. The molecule has 0 aliphatic rings. The van der Waals surface area contributed by atoms with E-state index in [1.165, 1.54) is 18.8 Å². The quantitative estimate of drug-likeness (QED) is 0.638. The van der Waals surface area contributed by atoms with E-state index in [2.05, 4.69) is 19.9 Å². The molecule has 0 fully saturated rings. The number of nitrogens with zero attached hydrogens (tertiary/aromatic N) is 3. The van der Waals surface area contributed by atoms with Gasteiger partial charge in [-0.1, -0.05) is 0 Å². The van der Waals surface area contributed by atoms with Crippen LogP contribution < -0.4 is 5.56 Å². The van der Waals surface area contributed by atoms with Crippen LogP contribution in [0.25, 0.3) is 11.0 Å². The zero-order valence-corrected chi connectivity index (χ0v) is 8.04. The van der Waals surface area contributed by atoms with Crippen LogP contribution >= 0.6 is 0 Å². The maximum atomic E-state index is 11.3. The van der Waals surface area contributed by atoms with E-state index in [-0.39, 0.29) is 16.2 Å². The van der Waals surface area contributed by atoms with Crippen LogP contribution in [0.5, 0.6) is 0 Å². The molecule has 2 rings (SSSR count). The fourth-order valence-electron chi connectivity index (χ4n) is 0.988. The second-order valence-corrected chi connectivity index (χ2v) is 3.85. The van der Waals surface area contributed by atoms with Crippen molar-refractivity contribution >= 4 is 21.8 Å². The summed E-state index contributed by atoms with van der Waals surface area (Å²) in [7, 11) is -1.30. The van der Waals surface area contributed by atoms with E-state index in [9.17, 15) is 9.00 Å². The molecule has 1 N–H and O–H groups in total. The highest BCUT2D eigenvalue weighted by Gasteiger charge is 2.06. The lowest BCUT2D eigenvalue weighted by Gasteiger charge is -1.96. The van der Waals surface area contributed by atoms with Crippen LogP contribution in [0.1, 0.15) is 0 Å². The highest BCUT2D eigenvalue weighted by Crippen LogP contribution is 2.02. The fraction of sp³-hybridized carbons (Fsp3) is 0.143. The van der Waals surface area contributed by atoms with E-state index < -0.39 is 10.8 Å². The Kier molecular flexibility index (Phi) is 2.08. The van der Waals surface area contributed by atoms with Gasteiger partial charge in [0.15, 0.2) is 5.52 Å². The minimum absolute atomic E-state index is 0.135. The van der Waals surface area contributed by atoms with Gasteiger partial charge in [-0.2, -0.15) is 0 Å². The molecule has 0 radical (unpaired) electrons. The number of nitrogens with one attached hydrogen (secondary N) is 1. The Labute approximate surface area is 80.9 Å². The van der Waals surface area contributed by atoms with Gasteiger partial charge in [0.05, 0.1) is 23.3 Å². The molecule has 72 valence electrons. The fourth-order valence-corrected chi connectivity index (χ4v) is 1.41. The van der Waals surface area contributed by atoms with Gasteiger partial charge in [-0.25, -0.2) is 15.0 Å². The summed E-state index contributed by atoms with van der Waals surface area (Å²) in [6, 6.07) is 0. The molecule has 0 aromatic carbocycles. The summed E-state index contributed by atoms with van der Waals surface area (Å²) < 4.78 is 11.1. The van der Waals surface area contributed by atoms with Gasteiger partial charge in [-0.3, -0.25) is 9.00 Å². The summed E-state index contributed by atoms with van der Waals surface area (Å²) in [5, 5.41) is 0.135. The predicted octanol–water partition coefficient (Wildman–Crippen LogP) is -0.549. The molecule has 6 nitrogen and oxygen atoms in total. The third-order valence-electron chi connectivity index (χ3n) is 1.62. The molecule has 1 unspecified atom stereocenters. The van der Waals surface area contributed by atoms with Crippen LogP contribution in [0.4, 0.5) is 0 Å². The van der Waals surface area contributed by atoms with Gasteiger partial charge in [0, 0.05) is 6.26 Å². The molecule has 7 heteroatoms. The van der Waals surface area contributed by atoms with Crippen molar-refractivity contribution in [3.63, 3.8) is 0 Å². The highest BCUT2D eigenvalue weighted by atomic mass is 32.2. The van der Waals surface area contributed by atoms with Crippen LogP contribution in [-0.2, 0) is 10.8 Å². The standard InChI is InChI=1S/C7H6N4O2S/c1-14(13)7-8-2-4-5(11-7)6(12)10-3-9-4/h2-3H,1H3,(H,9,10,12). The van der Waals surface area contributed by atoms with E-state index in [1.807, 2.05) is 0 Å². The molecule has 0 spiro atoms. The van der Waals surface area contributed by atoms with Crippen molar-refractivity contribution in [1.82, 2.24) is 19.9 Å². The Morgan fingerprint density at radius 3 is 2.93 bits per heavy atom. The topological polar surface area (TPSA) is 88.6 Å². The first kappa shape index (κ1) is 8.95. The summed E-state index contributed by atoms with van der Waals surface area (Å²) >= 11 is 0. The zero-order valence-electron chi connectivity index (χ0n) is 7.22. The van der Waals surface area contributed by atoms with E-state index in [0.29, 0.717) is 5.52 Å². The molecule has 0 saturated carbocycles. The van der Waals surface area contributed by atoms with E-state index in [1.54, 1.807) is 0 Å². The Hall–Kier alpha value is -1.63. The summed E-state index contributed by atoms with van der Waals surface area (Å²) in [5.74, 6) is 0. The number of fused-ring (bicyclic) bond motifs is 1. The van der Waals surface area contributed by atoms with Crippen molar-refractivity contribution in [2.75, 3.05) is 6.26 Å². The largest absolute Gasteiger partial charge is 0.311 e. The third-order valence-corrected chi connectivity index (χ3v) is 2.33. The SMILES string of the molecule is CS(=O)c1ncc2nc[nH]c(=O)c2n1. The molecule has 0 aliphatic carbocycles. The van der Waals surface area contributed by atoms with Gasteiger partial charge in [-0.05, 0) is 0 Å². The Morgan fingerprint density at radius 2 is 2.21 bits per heavy atom. The lowest BCUT2D eigenvalue weighted by atomic mass is 10.4. The second kappa shape index (κ2) is 3.26. The Bertz CT molecular complexity index is 565. The van der Waals surface area contributed by atoms with Crippen molar-refractivity contribution in [3.05, 3.63) is 22.9 Å². The first-order valence-corrected chi connectivity index (χ1v) is 5.28. The minimum Gasteiger partial charge on any atom is -0.311 e. The van der Waals surface area contributed by atoms with E-state index in [4.69, 9.17) is 0 Å². The molecule has 0 saturated heterocycles. The molecule has 0 bridgehead atoms. The summed E-state index contributed by atoms with van der Waals surface area (Å²) in [6.45, 7) is 0. The summed E-state index contributed by atoms with van der Waals surface area (Å²) in [4.78, 5) is 25.2. The minimum atomic E-state index is -1.30. The lowest BCUT2D eigenvalue weighted by molar-refractivity contribution is 0.680. The average Bonchev–Trinajstić information content (AvgIpc) is 2.18. The number of H-pyrrole nitrogens is 1. The monoisotopic (exact) mass is 210 g/mol. The number of hydrogen-bond acceptors (Lipinski definition) is 5. The zero-order chi connectivity index (χ0) is 10.1. The van der Waals surface area contributed by atoms with Crippen LogP contribution in [0.15, 0.2) is 22.5 Å². The van der Waals surface area contributed by atoms with Gasteiger partial charge in [-0.15, -0.1) is 0 Å². The molecular weight excluding hydrogens is 204 g/mol. The van der Waals surface area contributed by atoms with Gasteiger partial charge in [0.1, 0.15) is 5.52 Å². The van der Waals surface area contributed by atoms with Crippen LogP contribution in [0.2, 0.25) is 0 Å². The van der Waals surface area contributed by atoms with E-state index >= 15 is 0 Å². The second-order valence-electron chi connectivity index (χ2n) is 2.57. The maximum absolute atomic E-state index is 11.3. The van der Waals surface area contributed by atoms with E-state index in [0.717, 1.165) is 0 Å². The molecule has 0 amide bonds. The van der Waals surface area contributed by atoms with Gasteiger partial charge < -0.3 is 4.98 Å². The number of hydrogen-bond donors (Lipinski definition) is 1. The van der Waals surface area contributed by atoms with Crippen molar-refractivity contribution in [3.8, 4) is 0 Å². The average molecular weight is 210 g/mol. The maximum Gasteiger partial charge on any atom is 0.277 e. The Morgan fingerprint density at radius 1 is 1.43 bits per heavy atom. The summed E-state index contributed by atoms with van der Waals surface area (Å²) in [5.41, 5.74) is 0.194. The van der Waals surface area contributed by atoms with Crippen molar-refractivity contribution in [2.24, 2.45) is 0 Å². The van der Waals surface area contributed by atoms with Crippen molar-refractivity contribution < 1.29 is 4.21 Å². The summed E-state index contributed by atoms with van der Waals surface area (Å²) in [6.07, 6.45) is 4.11. The van der Waals surface area contributed by atoms with Crippen LogP contribution in [0, 0.1) is 0 Å². The molecule has 1 atom stereocenters. The number of rotatable bonds is 1. The third kappa shape index (κ3) is 1.41. The van der Waals surface area contributed by atoms with Gasteiger partial charge in [0.25, 0.3) is 5.56 Å². The first-order valence-electron chi connectivity index (χ1n) is 3.72. The van der Waals surface area contributed by atoms with Crippen LogP contribution in [-0.4, -0.2) is 30.4 Å². The number of aromatic amines is 1. The molecule has 0 aliphatic heterocycles. The van der Waals surface area contributed by atoms with Gasteiger partial charge in [0.2, 0.25) is 5.16 Å². The first-order chi connectivity index (χ1) is 6.68.